The molecule has 12 heteroatoms. The van der Waals surface area contributed by atoms with Gasteiger partial charge in [-0.1, -0.05) is 6.08 Å². The SMILES string of the molecule is CC=C(CC[NH2+]C)C(=O)O[C@H]1CC2C(O)C3C(=O)CC(CO)OC3C(CC3CCNC(N)C3)C2O[C@@]1(C)CCC1CCC(N)[NH2+]C1. The number of carbonyl (C=O) groups excluding carboxylic acids is 2. The molecule has 1 saturated carbocycles. The van der Waals surface area contributed by atoms with Crippen molar-refractivity contribution in [1.29, 1.82) is 0 Å². The lowest BCUT2D eigenvalue weighted by atomic mass is 9.60. The highest BCUT2D eigenvalue weighted by Crippen LogP contribution is 2.52. The summed E-state index contributed by atoms with van der Waals surface area (Å²) >= 11 is 0. The first-order chi connectivity index (χ1) is 22.1. The number of ketones is 1. The maximum atomic E-state index is 13.6. The average molecular weight is 652 g/mol. The standard InChI is InChI=1S/C34H59N5O7/c1-4-21(9-11-37-3)33(43)45-26-16-23-30(42)29-25(41)15-22(18-40)44-32(29)24(13-20-8-12-38-28(36)14-20)31(23)46-34(26,2)10-7-19-5-6-27(35)39-17-19/h4,19-20,22-24,26-32,37-40,42H,5-18,35-36H2,1-3H3/p+2/t19?,20?,22?,23?,24?,26-,27?,28?,29?,30?,31?,32?,34-/m0/s1. The molecule has 0 aromatic carbocycles. The lowest BCUT2D eigenvalue weighted by Crippen LogP contribution is -2.95. The van der Waals surface area contributed by atoms with Crippen LogP contribution in [0.2, 0.25) is 0 Å². The van der Waals surface area contributed by atoms with Crippen LogP contribution in [0.15, 0.2) is 11.6 Å². The molecule has 0 bridgehead atoms. The molecule has 46 heavy (non-hydrogen) atoms. The second-order valence-electron chi connectivity index (χ2n) is 15.0. The number of carbonyl (C=O) groups is 2. The van der Waals surface area contributed by atoms with E-state index >= 15 is 0 Å². The van der Waals surface area contributed by atoms with Gasteiger partial charge in [-0.15, -0.1) is 0 Å². The summed E-state index contributed by atoms with van der Waals surface area (Å²) < 4.78 is 20.0. The van der Waals surface area contributed by atoms with E-state index in [1.165, 1.54) is 0 Å². The minimum atomic E-state index is -0.996. The van der Waals surface area contributed by atoms with E-state index in [9.17, 15) is 19.8 Å². The van der Waals surface area contributed by atoms with Gasteiger partial charge in [0.25, 0.3) is 0 Å². The fourth-order valence-corrected chi connectivity index (χ4v) is 9.00. The van der Waals surface area contributed by atoms with Gasteiger partial charge in [-0.3, -0.25) is 10.5 Å². The van der Waals surface area contributed by atoms with Gasteiger partial charge in [-0.2, -0.15) is 0 Å². The Morgan fingerprint density at radius 2 is 2.02 bits per heavy atom. The number of piperidine rings is 2. The molecule has 0 aromatic rings. The number of allylic oxidation sites excluding steroid dienone is 1. The summed E-state index contributed by atoms with van der Waals surface area (Å²) in [6.07, 6.45) is 6.01. The van der Waals surface area contributed by atoms with Crippen molar-refractivity contribution >= 4 is 11.8 Å². The molecular weight excluding hydrogens is 590 g/mol. The number of hydrogen-bond acceptors (Lipinski definition) is 10. The number of fused-ring (bicyclic) bond motifs is 2. The Kier molecular flexibility index (Phi) is 12.3. The van der Waals surface area contributed by atoms with E-state index in [0.717, 1.165) is 58.2 Å². The van der Waals surface area contributed by atoms with E-state index in [-0.39, 0.29) is 43.0 Å². The van der Waals surface area contributed by atoms with Crippen LogP contribution in [0.3, 0.4) is 0 Å². The number of aliphatic hydroxyl groups excluding tert-OH is 2. The molecule has 0 aromatic heterocycles. The predicted octanol–water partition coefficient (Wildman–Crippen LogP) is -1.37. The van der Waals surface area contributed by atoms with E-state index in [0.29, 0.717) is 36.7 Å². The van der Waals surface area contributed by atoms with Crippen LogP contribution >= 0.6 is 0 Å². The number of nitrogens with two attached hydrogens (primary N) is 4. The number of ether oxygens (including phenoxy) is 3. The topological polar surface area (TPSA) is 200 Å². The summed E-state index contributed by atoms with van der Waals surface area (Å²) in [5, 5.41) is 29.5. The molecule has 5 fully saturated rings. The largest absolute Gasteiger partial charge is 0.456 e. The summed E-state index contributed by atoms with van der Waals surface area (Å²) in [5.41, 5.74) is 12.3. The normalized spacial score (nSPS) is 43.5. The Morgan fingerprint density at radius 1 is 1.22 bits per heavy atom. The van der Waals surface area contributed by atoms with Crippen molar-refractivity contribution in [3.63, 3.8) is 0 Å². The van der Waals surface area contributed by atoms with Crippen molar-refractivity contribution in [2.24, 2.45) is 41.1 Å². The predicted molar refractivity (Wildman–Crippen MR) is 171 cm³/mol. The zero-order valence-corrected chi connectivity index (χ0v) is 28.2. The van der Waals surface area contributed by atoms with Gasteiger partial charge in [0, 0.05) is 42.6 Å². The molecule has 11 N–H and O–H groups in total. The van der Waals surface area contributed by atoms with Crippen molar-refractivity contribution in [2.75, 3.05) is 33.3 Å². The van der Waals surface area contributed by atoms with E-state index in [1.807, 2.05) is 25.4 Å². The minimum absolute atomic E-state index is 0.0751. The molecule has 12 nitrogen and oxygen atoms in total. The maximum absolute atomic E-state index is 13.6. The Hall–Kier alpha value is -1.48. The third kappa shape index (κ3) is 8.03. The van der Waals surface area contributed by atoms with Gasteiger partial charge in [-0.25, -0.2) is 4.79 Å². The fourth-order valence-electron chi connectivity index (χ4n) is 9.00. The highest BCUT2D eigenvalue weighted by Gasteiger charge is 2.61. The number of rotatable bonds is 11. The second kappa shape index (κ2) is 15.8. The van der Waals surface area contributed by atoms with E-state index < -0.39 is 48.0 Å². The summed E-state index contributed by atoms with van der Waals surface area (Å²) in [4.78, 5) is 27.1. The highest BCUT2D eigenvalue weighted by molar-refractivity contribution is 5.88. The number of aliphatic hydroxyl groups is 2. The van der Waals surface area contributed by atoms with Crippen molar-refractivity contribution in [3.05, 3.63) is 11.6 Å². The number of esters is 1. The van der Waals surface area contributed by atoms with Crippen molar-refractivity contribution in [3.8, 4) is 0 Å². The molecule has 262 valence electrons. The molecule has 4 aliphatic heterocycles. The lowest BCUT2D eigenvalue weighted by Gasteiger charge is -2.58. The van der Waals surface area contributed by atoms with Crippen LogP contribution in [0.1, 0.15) is 78.1 Å². The molecular formula is C34H61N5O7+2. The quantitative estimate of drug-likeness (QED) is 0.103. The molecule has 5 rings (SSSR count). The Balaban J connectivity index is 1.45. The average Bonchev–Trinajstić information content (AvgIpc) is 3.03. The van der Waals surface area contributed by atoms with E-state index in [1.54, 1.807) is 0 Å². The summed E-state index contributed by atoms with van der Waals surface area (Å²) in [6.45, 7) is 6.24. The molecule has 0 amide bonds. The Morgan fingerprint density at radius 3 is 2.70 bits per heavy atom. The third-order valence-electron chi connectivity index (χ3n) is 11.8. The van der Waals surface area contributed by atoms with Gasteiger partial charge in [0.05, 0.1) is 63.2 Å². The fraction of sp³-hybridized carbons (Fsp3) is 0.882. The van der Waals surface area contributed by atoms with Crippen LogP contribution in [0, 0.1) is 29.6 Å². The monoisotopic (exact) mass is 651 g/mol. The van der Waals surface area contributed by atoms with Crippen LogP contribution < -0.4 is 27.4 Å². The number of hydrogen-bond donors (Lipinski definition) is 7. The molecule has 11 unspecified atom stereocenters. The van der Waals surface area contributed by atoms with Gasteiger partial charge >= 0.3 is 5.97 Å². The minimum Gasteiger partial charge on any atom is -0.456 e. The van der Waals surface area contributed by atoms with Gasteiger partial charge < -0.3 is 46.1 Å². The van der Waals surface area contributed by atoms with Crippen molar-refractivity contribution in [1.82, 2.24) is 5.32 Å². The van der Waals surface area contributed by atoms with Crippen molar-refractivity contribution in [2.45, 2.75) is 127 Å². The van der Waals surface area contributed by atoms with Gasteiger partial charge in [0.1, 0.15) is 23.7 Å². The van der Waals surface area contributed by atoms with Crippen molar-refractivity contribution < 1.29 is 44.6 Å². The zero-order valence-electron chi connectivity index (χ0n) is 28.2. The van der Waals surface area contributed by atoms with Crippen LogP contribution in [0.5, 0.6) is 0 Å². The van der Waals surface area contributed by atoms with Gasteiger partial charge in [0.15, 0.2) is 0 Å². The van der Waals surface area contributed by atoms with Crippen LogP contribution in [0.4, 0.5) is 0 Å². The van der Waals surface area contributed by atoms with Gasteiger partial charge in [0.2, 0.25) is 0 Å². The Bertz CT molecular complexity index is 1070. The summed E-state index contributed by atoms with van der Waals surface area (Å²) in [5.74, 6) is -0.897. The first-order valence-electron chi connectivity index (χ1n) is 17.9. The highest BCUT2D eigenvalue weighted by atomic mass is 16.6. The maximum Gasteiger partial charge on any atom is 0.334 e. The molecule has 5 aliphatic rings. The second-order valence-corrected chi connectivity index (χ2v) is 15.0. The number of Topliss-reactive ketones (excluding diaryl/α,β-unsaturated/α-hetero) is 1. The Labute approximate surface area is 274 Å². The number of quaternary nitrogens is 2. The third-order valence-corrected chi connectivity index (χ3v) is 11.8. The molecule has 0 radical (unpaired) electrons. The smallest absolute Gasteiger partial charge is 0.334 e. The summed E-state index contributed by atoms with van der Waals surface area (Å²) in [6, 6.07) is 0. The van der Waals surface area contributed by atoms with Crippen LogP contribution in [-0.2, 0) is 23.8 Å². The molecule has 0 spiro atoms. The first-order valence-corrected chi connectivity index (χ1v) is 17.9. The first kappa shape index (κ1) is 35.8. The van der Waals surface area contributed by atoms with Crippen LogP contribution in [0.25, 0.3) is 0 Å². The summed E-state index contributed by atoms with van der Waals surface area (Å²) in [7, 11) is 1.98. The number of nitrogens with one attached hydrogen (secondary N) is 1. The van der Waals surface area contributed by atoms with E-state index in [2.05, 4.69) is 17.6 Å². The molecule has 13 atom stereocenters. The zero-order chi connectivity index (χ0) is 33.0. The lowest BCUT2D eigenvalue weighted by molar-refractivity contribution is -0.703. The van der Waals surface area contributed by atoms with E-state index in [4.69, 9.17) is 25.7 Å². The molecule has 1 aliphatic carbocycles. The van der Waals surface area contributed by atoms with Gasteiger partial charge in [-0.05, 0) is 71.3 Å². The molecule has 4 saturated heterocycles. The molecule has 4 heterocycles. The van der Waals surface area contributed by atoms with Crippen LogP contribution in [-0.4, -0.2) is 104 Å².